The lowest BCUT2D eigenvalue weighted by atomic mass is 9.98. The van der Waals surface area contributed by atoms with Crippen LogP contribution in [0.5, 0.6) is 0 Å². The maximum absolute atomic E-state index is 11.6. The Morgan fingerprint density at radius 1 is 1.67 bits per heavy atom. The summed E-state index contributed by atoms with van der Waals surface area (Å²) in [6.07, 6.45) is 2.46. The van der Waals surface area contributed by atoms with E-state index in [0.717, 1.165) is 13.1 Å². The smallest absolute Gasteiger partial charge is 0.238 e. The maximum Gasteiger partial charge on any atom is 0.238 e. The summed E-state index contributed by atoms with van der Waals surface area (Å²) in [5.74, 6) is 0.652. The molecular formula is C11H23N3O. The molecule has 4 nitrogen and oxygen atoms in total. The fourth-order valence-corrected chi connectivity index (χ4v) is 2.25. The van der Waals surface area contributed by atoms with Gasteiger partial charge in [0.25, 0.3) is 0 Å². The van der Waals surface area contributed by atoms with Crippen LogP contribution < -0.4 is 5.73 Å². The number of nitrogens with two attached hydrogens (primary N) is 1. The molecule has 1 heterocycles. The van der Waals surface area contributed by atoms with E-state index < -0.39 is 0 Å². The van der Waals surface area contributed by atoms with Gasteiger partial charge in [-0.2, -0.15) is 0 Å². The molecule has 0 aliphatic carbocycles. The standard InChI is InChI=1S/C11H23N3O/c1-9(12)11(15)14(3)8-10-5-4-6-13(2)7-10/h9-10H,4-8,12H2,1-3H3. The number of carbonyl (C=O) groups excluding carboxylic acids is 1. The van der Waals surface area contributed by atoms with Crippen molar-refractivity contribution in [1.82, 2.24) is 9.80 Å². The zero-order chi connectivity index (χ0) is 11.4. The fourth-order valence-electron chi connectivity index (χ4n) is 2.25. The predicted molar refractivity (Wildman–Crippen MR) is 61.5 cm³/mol. The molecule has 2 N–H and O–H groups in total. The summed E-state index contributed by atoms with van der Waals surface area (Å²) in [5.41, 5.74) is 5.57. The first-order chi connectivity index (χ1) is 7.00. The van der Waals surface area contributed by atoms with Gasteiger partial charge in [0, 0.05) is 20.1 Å². The minimum atomic E-state index is -0.378. The fraction of sp³-hybridized carbons (Fsp3) is 0.909. The topological polar surface area (TPSA) is 49.6 Å². The second kappa shape index (κ2) is 5.47. The molecule has 1 amide bonds. The van der Waals surface area contributed by atoms with E-state index in [-0.39, 0.29) is 11.9 Å². The highest BCUT2D eigenvalue weighted by molar-refractivity contribution is 5.80. The van der Waals surface area contributed by atoms with Crippen molar-refractivity contribution in [3.63, 3.8) is 0 Å². The molecule has 0 spiro atoms. The van der Waals surface area contributed by atoms with Gasteiger partial charge in [-0.15, -0.1) is 0 Å². The lowest BCUT2D eigenvalue weighted by Gasteiger charge is -2.32. The number of nitrogens with zero attached hydrogens (tertiary/aromatic N) is 2. The Bertz CT molecular complexity index is 218. The third-order valence-corrected chi connectivity index (χ3v) is 3.02. The van der Waals surface area contributed by atoms with Crippen LogP contribution in [-0.4, -0.2) is 55.5 Å². The molecule has 1 saturated heterocycles. The van der Waals surface area contributed by atoms with Crippen molar-refractivity contribution >= 4 is 5.91 Å². The van der Waals surface area contributed by atoms with E-state index in [1.54, 1.807) is 11.8 Å². The predicted octanol–water partition coefficient (Wildman–Crippen LogP) is 0.134. The van der Waals surface area contributed by atoms with Crippen LogP contribution in [0.3, 0.4) is 0 Å². The molecule has 2 atom stereocenters. The van der Waals surface area contributed by atoms with Crippen molar-refractivity contribution in [2.75, 3.05) is 33.7 Å². The Morgan fingerprint density at radius 2 is 2.33 bits per heavy atom. The second-order valence-electron chi connectivity index (χ2n) is 4.78. The van der Waals surface area contributed by atoms with Crippen LogP contribution in [-0.2, 0) is 4.79 Å². The molecular weight excluding hydrogens is 190 g/mol. The first-order valence-corrected chi connectivity index (χ1v) is 5.69. The first kappa shape index (κ1) is 12.5. The average Bonchev–Trinajstić information content (AvgIpc) is 2.16. The Labute approximate surface area is 92.4 Å². The monoisotopic (exact) mass is 213 g/mol. The normalized spacial score (nSPS) is 24.9. The van der Waals surface area contributed by atoms with Crippen LogP contribution in [0.25, 0.3) is 0 Å². The highest BCUT2D eigenvalue weighted by atomic mass is 16.2. The van der Waals surface area contributed by atoms with Gasteiger partial charge in [-0.05, 0) is 39.3 Å². The van der Waals surface area contributed by atoms with Gasteiger partial charge >= 0.3 is 0 Å². The number of likely N-dealkylation sites (N-methyl/N-ethyl adjacent to an activating group) is 1. The summed E-state index contributed by atoms with van der Waals surface area (Å²) in [4.78, 5) is 15.7. The Hall–Kier alpha value is -0.610. The van der Waals surface area contributed by atoms with Crippen molar-refractivity contribution in [1.29, 1.82) is 0 Å². The molecule has 15 heavy (non-hydrogen) atoms. The minimum Gasteiger partial charge on any atom is -0.344 e. The molecule has 4 heteroatoms. The minimum absolute atomic E-state index is 0.0447. The van der Waals surface area contributed by atoms with Crippen LogP contribution in [0.1, 0.15) is 19.8 Å². The molecule has 0 aromatic rings. The summed E-state index contributed by atoms with van der Waals surface area (Å²) < 4.78 is 0. The number of carbonyl (C=O) groups is 1. The van der Waals surface area contributed by atoms with Crippen molar-refractivity contribution in [2.45, 2.75) is 25.8 Å². The number of piperidine rings is 1. The molecule has 88 valence electrons. The van der Waals surface area contributed by atoms with E-state index in [1.807, 2.05) is 7.05 Å². The summed E-state index contributed by atoms with van der Waals surface area (Å²) in [6.45, 7) is 4.86. The van der Waals surface area contributed by atoms with Crippen LogP contribution in [0.15, 0.2) is 0 Å². The molecule has 0 saturated carbocycles. The SMILES string of the molecule is CC(N)C(=O)N(C)CC1CCCN(C)C1. The van der Waals surface area contributed by atoms with E-state index in [4.69, 9.17) is 5.73 Å². The van der Waals surface area contributed by atoms with Gasteiger partial charge in [0.2, 0.25) is 5.91 Å². The molecule has 0 radical (unpaired) electrons. The molecule has 0 bridgehead atoms. The summed E-state index contributed by atoms with van der Waals surface area (Å²) in [6, 6.07) is -0.378. The number of amides is 1. The van der Waals surface area contributed by atoms with Crippen LogP contribution >= 0.6 is 0 Å². The summed E-state index contributed by atoms with van der Waals surface area (Å²) in [7, 11) is 3.99. The van der Waals surface area contributed by atoms with Gasteiger partial charge in [0.1, 0.15) is 0 Å². The molecule has 1 fully saturated rings. The second-order valence-corrected chi connectivity index (χ2v) is 4.78. The molecule has 1 aliphatic heterocycles. The van der Waals surface area contributed by atoms with Gasteiger partial charge < -0.3 is 15.5 Å². The van der Waals surface area contributed by atoms with Crippen molar-refractivity contribution in [3.05, 3.63) is 0 Å². The third-order valence-electron chi connectivity index (χ3n) is 3.02. The van der Waals surface area contributed by atoms with E-state index in [9.17, 15) is 4.79 Å². The largest absolute Gasteiger partial charge is 0.344 e. The zero-order valence-electron chi connectivity index (χ0n) is 10.1. The molecule has 1 aliphatic rings. The number of likely N-dealkylation sites (tertiary alicyclic amines) is 1. The summed E-state index contributed by atoms with van der Waals surface area (Å²) >= 11 is 0. The van der Waals surface area contributed by atoms with Crippen molar-refractivity contribution < 1.29 is 4.79 Å². The van der Waals surface area contributed by atoms with Crippen molar-refractivity contribution in [3.8, 4) is 0 Å². The third kappa shape index (κ3) is 3.80. The number of rotatable bonds is 3. The Balaban J connectivity index is 2.36. The van der Waals surface area contributed by atoms with Gasteiger partial charge in [0.05, 0.1) is 6.04 Å². The zero-order valence-corrected chi connectivity index (χ0v) is 10.1. The van der Waals surface area contributed by atoms with Gasteiger partial charge in [-0.3, -0.25) is 4.79 Å². The van der Waals surface area contributed by atoms with Crippen LogP contribution in [0, 0.1) is 5.92 Å². The van der Waals surface area contributed by atoms with E-state index in [0.29, 0.717) is 5.92 Å². The van der Waals surface area contributed by atoms with Crippen LogP contribution in [0.4, 0.5) is 0 Å². The Kier molecular flexibility index (Phi) is 4.54. The maximum atomic E-state index is 11.6. The van der Waals surface area contributed by atoms with E-state index >= 15 is 0 Å². The van der Waals surface area contributed by atoms with Crippen molar-refractivity contribution in [2.24, 2.45) is 11.7 Å². The van der Waals surface area contributed by atoms with Gasteiger partial charge in [-0.1, -0.05) is 0 Å². The summed E-state index contributed by atoms with van der Waals surface area (Å²) in [5, 5.41) is 0. The van der Waals surface area contributed by atoms with E-state index in [1.165, 1.54) is 19.4 Å². The quantitative estimate of drug-likeness (QED) is 0.725. The number of hydrogen-bond donors (Lipinski definition) is 1. The Morgan fingerprint density at radius 3 is 2.87 bits per heavy atom. The van der Waals surface area contributed by atoms with Gasteiger partial charge in [-0.25, -0.2) is 0 Å². The molecule has 0 aromatic carbocycles. The van der Waals surface area contributed by atoms with Crippen LogP contribution in [0.2, 0.25) is 0 Å². The highest BCUT2D eigenvalue weighted by Crippen LogP contribution is 2.15. The van der Waals surface area contributed by atoms with Gasteiger partial charge in [0.15, 0.2) is 0 Å². The average molecular weight is 213 g/mol. The number of hydrogen-bond acceptors (Lipinski definition) is 3. The molecule has 2 unspecified atom stereocenters. The lowest BCUT2D eigenvalue weighted by Crippen LogP contribution is -2.44. The molecule has 0 aromatic heterocycles. The van der Waals surface area contributed by atoms with E-state index in [2.05, 4.69) is 11.9 Å². The lowest BCUT2D eigenvalue weighted by molar-refractivity contribution is -0.131. The highest BCUT2D eigenvalue weighted by Gasteiger charge is 2.21. The first-order valence-electron chi connectivity index (χ1n) is 5.69. The molecule has 1 rings (SSSR count).